The maximum absolute atomic E-state index is 12.2. The summed E-state index contributed by atoms with van der Waals surface area (Å²) in [6.45, 7) is 3.82. The third kappa shape index (κ3) is 3.86. The number of halogens is 1. The quantitative estimate of drug-likeness (QED) is 0.682. The summed E-state index contributed by atoms with van der Waals surface area (Å²) in [5, 5.41) is 3.59. The first kappa shape index (κ1) is 15.9. The molecule has 0 spiro atoms. The largest absolute Gasteiger partial charge is 0.431 e. The van der Waals surface area contributed by atoms with Crippen molar-refractivity contribution in [2.45, 2.75) is 24.3 Å². The van der Waals surface area contributed by atoms with Gasteiger partial charge in [0.25, 0.3) is 5.22 Å². The molecule has 1 heterocycles. The molecule has 0 aliphatic rings. The van der Waals surface area contributed by atoms with Gasteiger partial charge in [0.15, 0.2) is 5.58 Å². The van der Waals surface area contributed by atoms with Gasteiger partial charge in [-0.05, 0) is 38.1 Å². The highest BCUT2D eigenvalue weighted by molar-refractivity contribution is 8.00. The standard InChI is InChI=1S/C17H15ClN2O2S/c1-10-3-6-13(7-4-10)19-16(21)11(2)23-17-20-14-8-5-12(18)9-15(14)22-17/h3-9,11H,1-2H3,(H,19,21)/t11-/m0/s1. The Morgan fingerprint density at radius 2 is 2.00 bits per heavy atom. The number of aryl methyl sites for hydroxylation is 1. The van der Waals surface area contributed by atoms with Crippen molar-refractivity contribution in [3.63, 3.8) is 0 Å². The maximum Gasteiger partial charge on any atom is 0.257 e. The van der Waals surface area contributed by atoms with Crippen LogP contribution >= 0.6 is 23.4 Å². The van der Waals surface area contributed by atoms with Crippen molar-refractivity contribution < 1.29 is 9.21 Å². The minimum Gasteiger partial charge on any atom is -0.431 e. The molecular weight excluding hydrogens is 332 g/mol. The molecule has 0 unspecified atom stereocenters. The zero-order valence-corrected chi connectivity index (χ0v) is 14.2. The smallest absolute Gasteiger partial charge is 0.257 e. The second-order valence-electron chi connectivity index (χ2n) is 5.21. The number of amides is 1. The zero-order chi connectivity index (χ0) is 16.4. The molecule has 4 nitrogen and oxygen atoms in total. The van der Waals surface area contributed by atoms with Gasteiger partial charge in [-0.3, -0.25) is 4.79 Å². The van der Waals surface area contributed by atoms with Gasteiger partial charge in [-0.1, -0.05) is 41.1 Å². The van der Waals surface area contributed by atoms with E-state index in [0.29, 0.717) is 15.8 Å². The average Bonchev–Trinajstić information content (AvgIpc) is 2.90. The fourth-order valence-electron chi connectivity index (χ4n) is 2.01. The summed E-state index contributed by atoms with van der Waals surface area (Å²) in [4.78, 5) is 16.6. The predicted molar refractivity (Wildman–Crippen MR) is 94.1 cm³/mol. The number of aromatic nitrogens is 1. The highest BCUT2D eigenvalue weighted by Crippen LogP contribution is 2.28. The topological polar surface area (TPSA) is 55.1 Å². The van der Waals surface area contributed by atoms with Crippen LogP contribution in [0.15, 0.2) is 52.1 Å². The number of thioether (sulfide) groups is 1. The number of nitrogens with zero attached hydrogens (tertiary/aromatic N) is 1. The normalized spacial score (nSPS) is 12.3. The van der Waals surface area contributed by atoms with Crippen LogP contribution in [0.25, 0.3) is 11.1 Å². The van der Waals surface area contributed by atoms with Crippen LogP contribution in [0, 0.1) is 6.92 Å². The lowest BCUT2D eigenvalue weighted by atomic mass is 10.2. The number of fused-ring (bicyclic) bond motifs is 1. The Labute approximate surface area is 143 Å². The molecule has 1 atom stereocenters. The third-order valence-corrected chi connectivity index (χ3v) is 4.48. The maximum atomic E-state index is 12.2. The SMILES string of the molecule is Cc1ccc(NC(=O)[C@H](C)Sc2nc3ccc(Cl)cc3o2)cc1. The number of oxazole rings is 1. The summed E-state index contributed by atoms with van der Waals surface area (Å²) in [5.74, 6) is -0.0980. The molecule has 0 fully saturated rings. The number of anilines is 1. The van der Waals surface area contributed by atoms with Crippen LogP contribution in [-0.2, 0) is 4.79 Å². The van der Waals surface area contributed by atoms with Crippen LogP contribution in [0.1, 0.15) is 12.5 Å². The van der Waals surface area contributed by atoms with Crippen molar-refractivity contribution in [1.29, 1.82) is 0 Å². The zero-order valence-electron chi connectivity index (χ0n) is 12.7. The fourth-order valence-corrected chi connectivity index (χ4v) is 2.93. The van der Waals surface area contributed by atoms with E-state index >= 15 is 0 Å². The minimum absolute atomic E-state index is 0.0980. The number of hydrogen-bond acceptors (Lipinski definition) is 4. The Bertz CT molecular complexity index is 845. The van der Waals surface area contributed by atoms with Gasteiger partial charge in [0, 0.05) is 16.8 Å². The van der Waals surface area contributed by atoms with E-state index in [1.807, 2.05) is 38.1 Å². The van der Waals surface area contributed by atoms with E-state index in [1.165, 1.54) is 11.8 Å². The summed E-state index contributed by atoms with van der Waals surface area (Å²) in [6.07, 6.45) is 0. The summed E-state index contributed by atoms with van der Waals surface area (Å²) in [7, 11) is 0. The van der Waals surface area contributed by atoms with Gasteiger partial charge < -0.3 is 9.73 Å². The molecule has 118 valence electrons. The highest BCUT2D eigenvalue weighted by Gasteiger charge is 2.18. The van der Waals surface area contributed by atoms with Gasteiger partial charge in [0.1, 0.15) is 5.52 Å². The second-order valence-corrected chi connectivity index (χ2v) is 6.94. The minimum atomic E-state index is -0.333. The monoisotopic (exact) mass is 346 g/mol. The van der Waals surface area contributed by atoms with E-state index in [4.69, 9.17) is 16.0 Å². The number of carbonyl (C=O) groups excluding carboxylic acids is 1. The van der Waals surface area contributed by atoms with E-state index in [1.54, 1.807) is 18.2 Å². The lowest BCUT2D eigenvalue weighted by Crippen LogP contribution is -2.22. The van der Waals surface area contributed by atoms with Crippen molar-refractivity contribution in [3.05, 3.63) is 53.1 Å². The van der Waals surface area contributed by atoms with Gasteiger partial charge in [-0.25, -0.2) is 4.98 Å². The first-order chi connectivity index (χ1) is 11.0. The van der Waals surface area contributed by atoms with Crippen LogP contribution in [0.4, 0.5) is 5.69 Å². The fraction of sp³-hybridized carbons (Fsp3) is 0.176. The summed E-state index contributed by atoms with van der Waals surface area (Å²) in [5.41, 5.74) is 3.27. The summed E-state index contributed by atoms with van der Waals surface area (Å²) in [6, 6.07) is 12.9. The molecule has 0 saturated heterocycles. The van der Waals surface area contributed by atoms with Gasteiger partial charge in [0.05, 0.1) is 5.25 Å². The molecule has 0 aliphatic heterocycles. The molecule has 0 radical (unpaired) electrons. The molecule has 3 aromatic rings. The Morgan fingerprint density at radius 1 is 1.26 bits per heavy atom. The number of rotatable bonds is 4. The molecule has 0 bridgehead atoms. The van der Waals surface area contributed by atoms with Crippen LogP contribution in [-0.4, -0.2) is 16.1 Å². The van der Waals surface area contributed by atoms with Crippen LogP contribution in [0.3, 0.4) is 0 Å². The van der Waals surface area contributed by atoms with Gasteiger partial charge in [0.2, 0.25) is 5.91 Å². The van der Waals surface area contributed by atoms with Crippen molar-refractivity contribution >= 4 is 46.1 Å². The Balaban J connectivity index is 1.68. The molecule has 1 amide bonds. The Kier molecular flexibility index (Phi) is 4.59. The summed E-state index contributed by atoms with van der Waals surface area (Å²) < 4.78 is 5.62. The molecule has 0 aliphatic carbocycles. The summed E-state index contributed by atoms with van der Waals surface area (Å²) >= 11 is 7.20. The highest BCUT2D eigenvalue weighted by atomic mass is 35.5. The van der Waals surface area contributed by atoms with Gasteiger partial charge in [-0.2, -0.15) is 0 Å². The number of benzene rings is 2. The lowest BCUT2D eigenvalue weighted by Gasteiger charge is -2.10. The van der Waals surface area contributed by atoms with E-state index in [-0.39, 0.29) is 11.2 Å². The molecule has 6 heteroatoms. The van der Waals surface area contributed by atoms with Crippen molar-refractivity contribution in [3.8, 4) is 0 Å². The Hall–Kier alpha value is -1.98. The third-order valence-electron chi connectivity index (χ3n) is 3.30. The molecule has 23 heavy (non-hydrogen) atoms. The van der Waals surface area contributed by atoms with Crippen LogP contribution in [0.5, 0.6) is 0 Å². The van der Waals surface area contributed by atoms with Crippen molar-refractivity contribution in [2.24, 2.45) is 0 Å². The van der Waals surface area contributed by atoms with E-state index in [0.717, 1.165) is 16.8 Å². The van der Waals surface area contributed by atoms with Gasteiger partial charge in [-0.15, -0.1) is 0 Å². The molecular formula is C17H15ClN2O2S. The lowest BCUT2D eigenvalue weighted by molar-refractivity contribution is -0.115. The van der Waals surface area contributed by atoms with Crippen molar-refractivity contribution in [1.82, 2.24) is 4.98 Å². The predicted octanol–water partition coefficient (Wildman–Crippen LogP) is 4.91. The average molecular weight is 347 g/mol. The first-order valence-electron chi connectivity index (χ1n) is 7.11. The van der Waals surface area contributed by atoms with E-state index in [9.17, 15) is 4.79 Å². The van der Waals surface area contributed by atoms with Crippen molar-refractivity contribution in [2.75, 3.05) is 5.32 Å². The molecule has 0 saturated carbocycles. The van der Waals surface area contributed by atoms with Gasteiger partial charge >= 0.3 is 0 Å². The number of hydrogen-bond donors (Lipinski definition) is 1. The van der Waals surface area contributed by atoms with E-state index < -0.39 is 0 Å². The molecule has 3 rings (SSSR count). The molecule has 2 aromatic carbocycles. The van der Waals surface area contributed by atoms with E-state index in [2.05, 4.69) is 10.3 Å². The molecule has 1 N–H and O–H groups in total. The number of carbonyl (C=O) groups is 1. The Morgan fingerprint density at radius 3 is 2.74 bits per heavy atom. The second kappa shape index (κ2) is 6.64. The van der Waals surface area contributed by atoms with Crippen LogP contribution in [0.2, 0.25) is 5.02 Å². The van der Waals surface area contributed by atoms with Crippen LogP contribution < -0.4 is 5.32 Å². The number of nitrogens with one attached hydrogen (secondary N) is 1. The molecule has 1 aromatic heterocycles. The first-order valence-corrected chi connectivity index (χ1v) is 8.37.